The summed E-state index contributed by atoms with van der Waals surface area (Å²) in [6, 6.07) is 8.51. The molecule has 1 aromatic heterocycles. The van der Waals surface area contributed by atoms with Gasteiger partial charge in [-0.1, -0.05) is 23.7 Å². The Morgan fingerprint density at radius 3 is 2.74 bits per heavy atom. The number of ketones is 1. The minimum atomic E-state index is -0.0633. The van der Waals surface area contributed by atoms with Gasteiger partial charge in [0.05, 0.1) is 17.8 Å². The standard InChI is InChI=1S/C22H26ClN3O/c1-14-10-17-5-4-16-11-18(23)6-7-19(16)22(21(17)24-12-14)26-9-8-25(3)20(13-26)15(2)27/h6-7,10-12,20,22H,4-5,8-9,13H2,1-3H3/t20-,22?/m1/s1. The fraction of sp³-hybridized carbons (Fsp3) is 0.455. The van der Waals surface area contributed by atoms with Crippen LogP contribution in [0.15, 0.2) is 30.5 Å². The summed E-state index contributed by atoms with van der Waals surface area (Å²) in [6.07, 6.45) is 3.90. The second kappa shape index (κ2) is 7.34. The van der Waals surface area contributed by atoms with Crippen LogP contribution in [0.2, 0.25) is 5.02 Å². The number of aromatic nitrogens is 1. The van der Waals surface area contributed by atoms with E-state index in [0.29, 0.717) is 0 Å². The first-order valence-electron chi connectivity index (χ1n) is 9.62. The van der Waals surface area contributed by atoms with E-state index in [9.17, 15) is 4.79 Å². The smallest absolute Gasteiger partial charge is 0.148 e. The molecule has 5 heteroatoms. The Balaban J connectivity index is 1.82. The van der Waals surface area contributed by atoms with E-state index in [2.05, 4.69) is 34.9 Å². The van der Waals surface area contributed by atoms with Crippen molar-refractivity contribution < 1.29 is 4.79 Å². The van der Waals surface area contributed by atoms with Crippen molar-refractivity contribution in [2.45, 2.75) is 38.8 Å². The quantitative estimate of drug-likeness (QED) is 0.796. The molecule has 4 rings (SSSR count). The number of carbonyl (C=O) groups is 1. The van der Waals surface area contributed by atoms with Crippen molar-refractivity contribution in [2.75, 3.05) is 26.7 Å². The van der Waals surface area contributed by atoms with Gasteiger partial charge in [0.15, 0.2) is 0 Å². The number of piperazine rings is 1. The van der Waals surface area contributed by atoms with Gasteiger partial charge in [0.2, 0.25) is 0 Å². The molecule has 1 aromatic carbocycles. The summed E-state index contributed by atoms with van der Waals surface area (Å²) in [4.78, 5) is 21.7. The molecule has 0 amide bonds. The van der Waals surface area contributed by atoms with Gasteiger partial charge in [0.1, 0.15) is 5.78 Å². The van der Waals surface area contributed by atoms with Crippen molar-refractivity contribution in [3.8, 4) is 0 Å². The number of pyridine rings is 1. The predicted molar refractivity (Wildman–Crippen MR) is 108 cm³/mol. The number of fused-ring (bicyclic) bond motifs is 2. The number of hydrogen-bond acceptors (Lipinski definition) is 4. The van der Waals surface area contributed by atoms with E-state index in [1.54, 1.807) is 6.92 Å². The zero-order valence-electron chi connectivity index (χ0n) is 16.2. The summed E-state index contributed by atoms with van der Waals surface area (Å²) >= 11 is 6.30. The molecule has 2 heterocycles. The maximum atomic E-state index is 12.2. The van der Waals surface area contributed by atoms with Crippen molar-refractivity contribution in [3.05, 3.63) is 63.4 Å². The van der Waals surface area contributed by atoms with E-state index in [0.717, 1.165) is 43.2 Å². The third-order valence-electron chi connectivity index (χ3n) is 5.97. The van der Waals surface area contributed by atoms with Crippen LogP contribution in [-0.4, -0.2) is 53.3 Å². The van der Waals surface area contributed by atoms with Gasteiger partial charge in [-0.3, -0.25) is 19.6 Å². The van der Waals surface area contributed by atoms with Gasteiger partial charge in [-0.2, -0.15) is 0 Å². The highest BCUT2D eigenvalue weighted by Gasteiger charge is 2.36. The molecule has 1 aliphatic heterocycles. The lowest BCUT2D eigenvalue weighted by Gasteiger charge is -2.42. The molecular formula is C22H26ClN3O. The first-order chi connectivity index (χ1) is 12.9. The molecule has 27 heavy (non-hydrogen) atoms. The highest BCUT2D eigenvalue weighted by molar-refractivity contribution is 6.30. The molecule has 0 radical (unpaired) electrons. The zero-order valence-corrected chi connectivity index (χ0v) is 17.0. The number of halogens is 1. The van der Waals surface area contributed by atoms with Gasteiger partial charge in [-0.25, -0.2) is 0 Å². The average Bonchev–Trinajstić information content (AvgIpc) is 2.78. The van der Waals surface area contributed by atoms with Crippen LogP contribution in [0.25, 0.3) is 0 Å². The van der Waals surface area contributed by atoms with Crippen LogP contribution in [0.3, 0.4) is 0 Å². The molecule has 0 bridgehead atoms. The third kappa shape index (κ3) is 3.54. The lowest BCUT2D eigenvalue weighted by atomic mass is 9.94. The number of benzene rings is 1. The lowest BCUT2D eigenvalue weighted by Crippen LogP contribution is -2.55. The Labute approximate surface area is 166 Å². The molecule has 1 saturated heterocycles. The fourth-order valence-corrected chi connectivity index (χ4v) is 4.69. The molecule has 1 fully saturated rings. The molecule has 2 aromatic rings. The number of Topliss-reactive ketones (excluding diaryl/α,β-unsaturated/α-hetero) is 1. The second-order valence-corrected chi connectivity index (χ2v) is 8.34. The van der Waals surface area contributed by atoms with Gasteiger partial charge in [0, 0.05) is 30.9 Å². The molecule has 2 atom stereocenters. The predicted octanol–water partition coefficient (Wildman–Crippen LogP) is 3.44. The van der Waals surface area contributed by atoms with Crippen LogP contribution in [-0.2, 0) is 17.6 Å². The highest BCUT2D eigenvalue weighted by Crippen LogP contribution is 2.37. The summed E-state index contributed by atoms with van der Waals surface area (Å²) in [5.41, 5.74) is 6.21. The van der Waals surface area contributed by atoms with Crippen LogP contribution in [0, 0.1) is 6.92 Å². The number of carbonyl (C=O) groups excluding carboxylic acids is 1. The van der Waals surface area contributed by atoms with Crippen molar-refractivity contribution >= 4 is 17.4 Å². The van der Waals surface area contributed by atoms with E-state index in [-0.39, 0.29) is 17.9 Å². The Kier molecular flexibility index (Phi) is 5.06. The van der Waals surface area contributed by atoms with Crippen molar-refractivity contribution in [2.24, 2.45) is 0 Å². The first kappa shape index (κ1) is 18.6. The summed E-state index contributed by atoms with van der Waals surface area (Å²) in [6.45, 7) is 6.32. The average molecular weight is 384 g/mol. The van der Waals surface area contributed by atoms with Gasteiger partial charge in [-0.05, 0) is 68.1 Å². The Hall–Kier alpha value is -1.75. The molecule has 0 saturated carbocycles. The van der Waals surface area contributed by atoms with E-state index < -0.39 is 0 Å². The van der Waals surface area contributed by atoms with Crippen molar-refractivity contribution in [1.82, 2.24) is 14.8 Å². The summed E-state index contributed by atoms with van der Waals surface area (Å²) in [7, 11) is 2.04. The zero-order chi connectivity index (χ0) is 19.1. The molecule has 1 unspecified atom stereocenters. The first-order valence-corrected chi connectivity index (χ1v) is 10.0. The minimum Gasteiger partial charge on any atom is -0.298 e. The molecule has 4 nitrogen and oxygen atoms in total. The van der Waals surface area contributed by atoms with E-state index >= 15 is 0 Å². The van der Waals surface area contributed by atoms with Crippen molar-refractivity contribution in [3.63, 3.8) is 0 Å². The Morgan fingerprint density at radius 1 is 1.19 bits per heavy atom. The Bertz CT molecular complexity index is 828. The summed E-state index contributed by atoms with van der Waals surface area (Å²) in [5.74, 6) is 0.226. The topological polar surface area (TPSA) is 36.4 Å². The van der Waals surface area contributed by atoms with Crippen LogP contribution >= 0.6 is 11.6 Å². The van der Waals surface area contributed by atoms with E-state index in [1.165, 1.54) is 22.3 Å². The number of nitrogens with zero attached hydrogens (tertiary/aromatic N) is 3. The van der Waals surface area contributed by atoms with Gasteiger partial charge < -0.3 is 0 Å². The molecule has 0 N–H and O–H groups in total. The number of rotatable bonds is 2. The van der Waals surface area contributed by atoms with Gasteiger partial charge >= 0.3 is 0 Å². The third-order valence-corrected chi connectivity index (χ3v) is 6.21. The van der Waals surface area contributed by atoms with E-state index in [4.69, 9.17) is 16.6 Å². The van der Waals surface area contributed by atoms with Crippen molar-refractivity contribution in [1.29, 1.82) is 0 Å². The van der Waals surface area contributed by atoms with Crippen LogP contribution in [0.1, 0.15) is 40.9 Å². The highest BCUT2D eigenvalue weighted by atomic mass is 35.5. The lowest BCUT2D eigenvalue weighted by molar-refractivity contribution is -0.124. The summed E-state index contributed by atoms with van der Waals surface area (Å²) < 4.78 is 0. The fourth-order valence-electron chi connectivity index (χ4n) is 4.50. The summed E-state index contributed by atoms with van der Waals surface area (Å²) in [5, 5.41) is 0.780. The van der Waals surface area contributed by atoms with Crippen LogP contribution in [0.4, 0.5) is 0 Å². The SMILES string of the molecule is CC(=O)[C@H]1CN(C2c3ccc(Cl)cc3CCc3cc(C)cnc32)CCN1C. The molecular weight excluding hydrogens is 358 g/mol. The largest absolute Gasteiger partial charge is 0.298 e. The number of likely N-dealkylation sites (N-methyl/N-ethyl adjacent to an activating group) is 1. The van der Waals surface area contributed by atoms with Gasteiger partial charge in [-0.15, -0.1) is 0 Å². The maximum absolute atomic E-state index is 12.2. The normalized spacial score (nSPS) is 23.4. The maximum Gasteiger partial charge on any atom is 0.148 e. The molecule has 2 aliphatic rings. The second-order valence-electron chi connectivity index (χ2n) is 7.90. The van der Waals surface area contributed by atoms with Crippen LogP contribution < -0.4 is 0 Å². The Morgan fingerprint density at radius 2 is 1.96 bits per heavy atom. The molecule has 142 valence electrons. The monoisotopic (exact) mass is 383 g/mol. The number of aryl methyl sites for hydroxylation is 3. The molecule has 1 aliphatic carbocycles. The number of hydrogen-bond donors (Lipinski definition) is 0. The van der Waals surface area contributed by atoms with E-state index in [1.807, 2.05) is 19.3 Å². The molecule has 0 spiro atoms. The van der Waals surface area contributed by atoms with Crippen LogP contribution in [0.5, 0.6) is 0 Å². The minimum absolute atomic E-state index is 0.0633. The van der Waals surface area contributed by atoms with Gasteiger partial charge in [0.25, 0.3) is 0 Å².